The quantitative estimate of drug-likeness (QED) is 0.824. The molecular formula is C22H22FNO. The Labute approximate surface area is 148 Å². The normalized spacial score (nSPS) is 16.5. The molecule has 2 aromatic carbocycles. The number of nitrogens with zero attached hydrogens (tertiary/aromatic N) is 1. The van der Waals surface area contributed by atoms with Crippen molar-refractivity contribution in [2.45, 2.75) is 32.1 Å². The summed E-state index contributed by atoms with van der Waals surface area (Å²) in [5.74, 6) is -0.0290. The van der Waals surface area contributed by atoms with E-state index in [-0.39, 0.29) is 11.7 Å². The number of halogens is 1. The Morgan fingerprint density at radius 3 is 2.56 bits per heavy atom. The summed E-state index contributed by atoms with van der Waals surface area (Å²) in [7, 11) is 0. The maximum atomic E-state index is 13.0. The van der Waals surface area contributed by atoms with E-state index in [2.05, 4.69) is 24.3 Å². The van der Waals surface area contributed by atoms with Gasteiger partial charge in [-0.3, -0.25) is 4.79 Å². The van der Waals surface area contributed by atoms with Crippen molar-refractivity contribution in [2.24, 2.45) is 0 Å². The van der Waals surface area contributed by atoms with Gasteiger partial charge in [0.05, 0.1) is 6.42 Å². The van der Waals surface area contributed by atoms with Crippen LogP contribution in [0.2, 0.25) is 0 Å². The van der Waals surface area contributed by atoms with Crippen molar-refractivity contribution in [2.75, 3.05) is 13.1 Å². The Hall–Kier alpha value is -2.42. The highest BCUT2D eigenvalue weighted by molar-refractivity contribution is 5.80. The molecule has 3 heteroatoms. The monoisotopic (exact) mass is 335 g/mol. The molecule has 2 aliphatic rings. The first-order chi connectivity index (χ1) is 12.2. The molecule has 2 aromatic rings. The molecule has 0 atom stereocenters. The molecule has 2 nitrogen and oxygen atoms in total. The van der Waals surface area contributed by atoms with Gasteiger partial charge in [0.25, 0.3) is 0 Å². The maximum Gasteiger partial charge on any atom is 0.227 e. The molecule has 4 rings (SSSR count). The van der Waals surface area contributed by atoms with Crippen molar-refractivity contribution in [3.05, 3.63) is 76.6 Å². The van der Waals surface area contributed by atoms with Crippen LogP contribution in [0.1, 0.15) is 35.1 Å². The SMILES string of the molecule is O=C(Cc1ccc2c(c1)CCC2)N1CC=C(c2ccc(F)cc2)CC1. The molecular weight excluding hydrogens is 313 g/mol. The first kappa shape index (κ1) is 16.1. The lowest BCUT2D eigenvalue weighted by Crippen LogP contribution is -2.35. The summed E-state index contributed by atoms with van der Waals surface area (Å²) in [5, 5.41) is 0. The molecule has 1 aliphatic carbocycles. The van der Waals surface area contributed by atoms with Gasteiger partial charge in [-0.15, -0.1) is 0 Å². The van der Waals surface area contributed by atoms with Gasteiger partial charge in [-0.25, -0.2) is 4.39 Å². The molecule has 1 heterocycles. The number of benzene rings is 2. The predicted octanol–water partition coefficient (Wildman–Crippen LogP) is 4.17. The van der Waals surface area contributed by atoms with E-state index in [4.69, 9.17) is 0 Å². The molecule has 0 spiro atoms. The van der Waals surface area contributed by atoms with Crippen LogP contribution in [0.3, 0.4) is 0 Å². The Morgan fingerprint density at radius 1 is 1.00 bits per heavy atom. The molecule has 1 amide bonds. The zero-order valence-electron chi connectivity index (χ0n) is 14.3. The second-order valence-electron chi connectivity index (χ2n) is 6.96. The van der Waals surface area contributed by atoms with Crippen LogP contribution in [-0.2, 0) is 24.1 Å². The van der Waals surface area contributed by atoms with E-state index in [0.717, 1.165) is 30.5 Å². The van der Waals surface area contributed by atoms with Gasteiger partial charge in [0.1, 0.15) is 5.82 Å². The Kier molecular flexibility index (Phi) is 4.39. The smallest absolute Gasteiger partial charge is 0.227 e. The summed E-state index contributed by atoms with van der Waals surface area (Å²) in [6.45, 7) is 1.36. The van der Waals surface area contributed by atoms with Crippen molar-refractivity contribution < 1.29 is 9.18 Å². The van der Waals surface area contributed by atoms with Crippen LogP contribution in [0, 0.1) is 5.82 Å². The van der Waals surface area contributed by atoms with Crippen LogP contribution in [0.4, 0.5) is 4.39 Å². The standard InChI is InChI=1S/C22H22FNO/c23-21-8-6-18(7-9-21)19-10-12-24(13-11-19)22(25)15-16-4-5-17-2-1-3-20(17)14-16/h4-10,14H,1-3,11-13,15H2. The molecule has 0 N–H and O–H groups in total. The Balaban J connectivity index is 1.40. The van der Waals surface area contributed by atoms with E-state index in [0.29, 0.717) is 13.0 Å². The van der Waals surface area contributed by atoms with E-state index in [1.54, 1.807) is 0 Å². The van der Waals surface area contributed by atoms with Gasteiger partial charge in [-0.2, -0.15) is 0 Å². The van der Waals surface area contributed by atoms with Gasteiger partial charge in [-0.1, -0.05) is 36.4 Å². The highest BCUT2D eigenvalue weighted by Gasteiger charge is 2.19. The lowest BCUT2D eigenvalue weighted by molar-refractivity contribution is -0.130. The molecule has 25 heavy (non-hydrogen) atoms. The molecule has 0 fully saturated rings. The lowest BCUT2D eigenvalue weighted by Gasteiger charge is -2.27. The second kappa shape index (κ2) is 6.83. The number of carbonyl (C=O) groups excluding carboxylic acids is 1. The van der Waals surface area contributed by atoms with Crippen LogP contribution in [-0.4, -0.2) is 23.9 Å². The molecule has 0 saturated heterocycles. The fourth-order valence-corrected chi connectivity index (χ4v) is 3.84. The van der Waals surface area contributed by atoms with Crippen molar-refractivity contribution in [1.82, 2.24) is 4.90 Å². The lowest BCUT2D eigenvalue weighted by atomic mass is 9.99. The topological polar surface area (TPSA) is 20.3 Å². The maximum absolute atomic E-state index is 13.0. The van der Waals surface area contributed by atoms with E-state index < -0.39 is 0 Å². The van der Waals surface area contributed by atoms with Crippen LogP contribution in [0.25, 0.3) is 5.57 Å². The van der Waals surface area contributed by atoms with Crippen LogP contribution in [0.15, 0.2) is 48.5 Å². The van der Waals surface area contributed by atoms with Gasteiger partial charge in [0, 0.05) is 13.1 Å². The van der Waals surface area contributed by atoms with Crippen molar-refractivity contribution in [3.63, 3.8) is 0 Å². The molecule has 0 bridgehead atoms. The highest BCUT2D eigenvalue weighted by atomic mass is 19.1. The summed E-state index contributed by atoms with van der Waals surface area (Å²) >= 11 is 0. The largest absolute Gasteiger partial charge is 0.338 e. The molecule has 1 aliphatic heterocycles. The first-order valence-corrected chi connectivity index (χ1v) is 9.02. The predicted molar refractivity (Wildman–Crippen MR) is 97.7 cm³/mol. The van der Waals surface area contributed by atoms with Gasteiger partial charge < -0.3 is 4.90 Å². The molecule has 0 radical (unpaired) electrons. The van der Waals surface area contributed by atoms with Crippen molar-refractivity contribution in [1.29, 1.82) is 0 Å². The number of amides is 1. The molecule has 0 aromatic heterocycles. The van der Waals surface area contributed by atoms with Crippen LogP contribution >= 0.6 is 0 Å². The van der Waals surface area contributed by atoms with Gasteiger partial charge in [0.15, 0.2) is 0 Å². The van der Waals surface area contributed by atoms with Crippen molar-refractivity contribution in [3.8, 4) is 0 Å². The molecule has 0 unspecified atom stereocenters. The molecule has 0 saturated carbocycles. The average molecular weight is 335 g/mol. The van der Waals surface area contributed by atoms with E-state index in [1.807, 2.05) is 17.0 Å². The third-order valence-corrected chi connectivity index (χ3v) is 5.30. The first-order valence-electron chi connectivity index (χ1n) is 9.02. The molecule has 128 valence electrons. The third kappa shape index (κ3) is 3.51. The minimum absolute atomic E-state index is 0.187. The number of fused-ring (bicyclic) bond motifs is 1. The van der Waals surface area contributed by atoms with E-state index >= 15 is 0 Å². The summed E-state index contributed by atoms with van der Waals surface area (Å²) in [5.41, 5.74) is 6.23. The summed E-state index contributed by atoms with van der Waals surface area (Å²) in [6.07, 6.45) is 6.94. The summed E-state index contributed by atoms with van der Waals surface area (Å²) < 4.78 is 13.0. The minimum Gasteiger partial charge on any atom is -0.338 e. The Morgan fingerprint density at radius 2 is 1.80 bits per heavy atom. The van der Waals surface area contributed by atoms with Gasteiger partial charge >= 0.3 is 0 Å². The number of carbonyl (C=O) groups is 1. The zero-order chi connectivity index (χ0) is 17.2. The third-order valence-electron chi connectivity index (χ3n) is 5.30. The van der Waals surface area contributed by atoms with E-state index in [1.165, 1.54) is 41.7 Å². The number of hydrogen-bond donors (Lipinski definition) is 0. The fraction of sp³-hybridized carbons (Fsp3) is 0.318. The highest BCUT2D eigenvalue weighted by Crippen LogP contribution is 2.25. The number of aryl methyl sites for hydroxylation is 2. The zero-order valence-corrected chi connectivity index (χ0v) is 14.3. The summed E-state index contributed by atoms with van der Waals surface area (Å²) in [4.78, 5) is 14.5. The minimum atomic E-state index is -0.216. The van der Waals surface area contributed by atoms with Gasteiger partial charge in [-0.05, 0) is 65.6 Å². The summed E-state index contributed by atoms with van der Waals surface area (Å²) in [6, 6.07) is 13.1. The van der Waals surface area contributed by atoms with Gasteiger partial charge in [0.2, 0.25) is 5.91 Å². The average Bonchev–Trinajstić information content (AvgIpc) is 3.10. The van der Waals surface area contributed by atoms with Crippen molar-refractivity contribution >= 4 is 11.5 Å². The van der Waals surface area contributed by atoms with E-state index in [9.17, 15) is 9.18 Å². The number of rotatable bonds is 3. The van der Waals surface area contributed by atoms with Crippen LogP contribution < -0.4 is 0 Å². The number of hydrogen-bond acceptors (Lipinski definition) is 1. The van der Waals surface area contributed by atoms with Crippen LogP contribution in [0.5, 0.6) is 0 Å². The second-order valence-corrected chi connectivity index (χ2v) is 6.96. The Bertz CT molecular complexity index is 822. The fourth-order valence-electron chi connectivity index (χ4n) is 3.84.